The van der Waals surface area contributed by atoms with Crippen molar-refractivity contribution in [3.05, 3.63) is 29.8 Å². The van der Waals surface area contributed by atoms with E-state index >= 15 is 0 Å². The Hall–Kier alpha value is -1.26. The van der Waals surface area contributed by atoms with Crippen molar-refractivity contribution in [2.75, 3.05) is 26.7 Å². The molecule has 1 fully saturated rings. The minimum Gasteiger partial charge on any atom is -0.481 e. The van der Waals surface area contributed by atoms with Crippen molar-refractivity contribution in [2.24, 2.45) is 5.92 Å². The Kier molecular flexibility index (Phi) is 8.23. The topological polar surface area (TPSA) is 41.6 Å². The highest BCUT2D eigenvalue weighted by atomic mass is 35.5. The second-order valence-electron chi connectivity index (χ2n) is 7.86. The lowest BCUT2D eigenvalue weighted by molar-refractivity contribution is -0.139. The van der Waals surface area contributed by atoms with Gasteiger partial charge in [0.05, 0.1) is 0 Å². The van der Waals surface area contributed by atoms with Gasteiger partial charge in [0.25, 0.3) is 5.91 Å². The Bertz CT molecular complexity index is 532. The van der Waals surface area contributed by atoms with Crippen LogP contribution < -0.4 is 10.1 Å². The molecule has 5 heteroatoms. The van der Waals surface area contributed by atoms with Gasteiger partial charge in [-0.2, -0.15) is 0 Å². The van der Waals surface area contributed by atoms with Gasteiger partial charge in [-0.3, -0.25) is 4.79 Å². The predicted molar refractivity (Wildman–Crippen MR) is 106 cm³/mol. The van der Waals surface area contributed by atoms with Gasteiger partial charge >= 0.3 is 0 Å². The molecule has 1 N–H and O–H groups in total. The Balaban J connectivity index is 0.00000312. The van der Waals surface area contributed by atoms with Gasteiger partial charge in [-0.1, -0.05) is 32.9 Å². The zero-order valence-corrected chi connectivity index (χ0v) is 17.0. The van der Waals surface area contributed by atoms with E-state index in [1.165, 1.54) is 5.56 Å². The van der Waals surface area contributed by atoms with E-state index in [0.29, 0.717) is 5.92 Å². The average molecular weight is 369 g/mol. The zero-order valence-electron chi connectivity index (χ0n) is 16.2. The summed E-state index contributed by atoms with van der Waals surface area (Å²) in [5.74, 6) is 1.53. The van der Waals surface area contributed by atoms with E-state index in [4.69, 9.17) is 4.74 Å². The SMILES string of the molecule is CNCC1CCN(C(=O)C(C)Oc2ccc(C(C)(C)C)cc2)CC1.Cl. The van der Waals surface area contributed by atoms with Gasteiger partial charge in [-0.05, 0) is 62.4 Å². The molecule has 1 atom stereocenters. The van der Waals surface area contributed by atoms with Crippen LogP contribution in [-0.2, 0) is 10.2 Å². The number of benzene rings is 1. The summed E-state index contributed by atoms with van der Waals surface area (Å²) in [5, 5.41) is 3.22. The van der Waals surface area contributed by atoms with Gasteiger partial charge < -0.3 is 15.0 Å². The summed E-state index contributed by atoms with van der Waals surface area (Å²) in [6.07, 6.45) is 1.70. The molecule has 0 spiro atoms. The fourth-order valence-corrected chi connectivity index (χ4v) is 3.19. The summed E-state index contributed by atoms with van der Waals surface area (Å²) < 4.78 is 5.87. The molecule has 1 aliphatic heterocycles. The summed E-state index contributed by atoms with van der Waals surface area (Å²) in [4.78, 5) is 14.5. The van der Waals surface area contributed by atoms with Gasteiger partial charge in [0.1, 0.15) is 5.75 Å². The molecule has 1 amide bonds. The highest BCUT2D eigenvalue weighted by Crippen LogP contribution is 2.25. The molecule has 25 heavy (non-hydrogen) atoms. The van der Waals surface area contributed by atoms with E-state index in [-0.39, 0.29) is 23.7 Å². The average Bonchev–Trinajstić information content (AvgIpc) is 2.55. The van der Waals surface area contributed by atoms with E-state index in [0.717, 1.165) is 38.2 Å². The van der Waals surface area contributed by atoms with Crippen molar-refractivity contribution in [1.82, 2.24) is 10.2 Å². The largest absolute Gasteiger partial charge is 0.481 e. The third-order valence-electron chi connectivity index (χ3n) is 4.80. The number of hydrogen-bond acceptors (Lipinski definition) is 3. The molecule has 1 aromatic carbocycles. The number of amides is 1. The summed E-state index contributed by atoms with van der Waals surface area (Å²) in [5.41, 5.74) is 1.39. The Morgan fingerprint density at radius 2 is 1.80 bits per heavy atom. The lowest BCUT2D eigenvalue weighted by Gasteiger charge is -2.33. The lowest BCUT2D eigenvalue weighted by atomic mass is 9.87. The molecular weight excluding hydrogens is 336 g/mol. The van der Waals surface area contributed by atoms with Gasteiger partial charge in [0, 0.05) is 13.1 Å². The van der Waals surface area contributed by atoms with Crippen LogP contribution in [0.1, 0.15) is 46.1 Å². The number of piperidine rings is 1. The van der Waals surface area contributed by atoms with Crippen LogP contribution in [0.4, 0.5) is 0 Å². The third kappa shape index (κ3) is 6.19. The van der Waals surface area contributed by atoms with Crippen LogP contribution in [-0.4, -0.2) is 43.6 Å². The molecule has 1 unspecified atom stereocenters. The normalized spacial score (nSPS) is 16.9. The number of nitrogens with zero attached hydrogens (tertiary/aromatic N) is 1. The van der Waals surface area contributed by atoms with Crippen molar-refractivity contribution in [3.63, 3.8) is 0 Å². The number of carbonyl (C=O) groups excluding carboxylic acids is 1. The van der Waals surface area contributed by atoms with E-state index in [2.05, 4.69) is 38.2 Å². The minimum atomic E-state index is -0.439. The third-order valence-corrected chi connectivity index (χ3v) is 4.80. The molecule has 4 nitrogen and oxygen atoms in total. The quantitative estimate of drug-likeness (QED) is 0.862. The fourth-order valence-electron chi connectivity index (χ4n) is 3.19. The van der Waals surface area contributed by atoms with Gasteiger partial charge in [0.2, 0.25) is 0 Å². The standard InChI is InChI=1S/C20H32N2O2.ClH/c1-15(19(23)22-12-10-16(11-13-22)14-21-5)24-18-8-6-17(7-9-18)20(2,3)4;/h6-9,15-16,21H,10-14H2,1-5H3;1H. The number of likely N-dealkylation sites (tertiary alicyclic amines) is 1. The summed E-state index contributed by atoms with van der Waals surface area (Å²) in [6.45, 7) is 11.1. The smallest absolute Gasteiger partial charge is 0.263 e. The monoisotopic (exact) mass is 368 g/mol. The maximum Gasteiger partial charge on any atom is 0.263 e. The highest BCUT2D eigenvalue weighted by molar-refractivity contribution is 5.85. The van der Waals surface area contributed by atoms with Crippen LogP contribution >= 0.6 is 12.4 Å². The van der Waals surface area contributed by atoms with Crippen LogP contribution in [0.15, 0.2) is 24.3 Å². The zero-order chi connectivity index (χ0) is 17.7. The van der Waals surface area contributed by atoms with E-state index in [1.807, 2.05) is 31.0 Å². The van der Waals surface area contributed by atoms with Gasteiger partial charge in [0.15, 0.2) is 6.10 Å². The first kappa shape index (κ1) is 21.8. The Labute approximate surface area is 158 Å². The van der Waals surface area contributed by atoms with Gasteiger partial charge in [-0.15, -0.1) is 12.4 Å². The summed E-state index contributed by atoms with van der Waals surface area (Å²) in [6, 6.07) is 8.08. The van der Waals surface area contributed by atoms with E-state index in [9.17, 15) is 4.79 Å². The first-order chi connectivity index (χ1) is 11.3. The fraction of sp³-hybridized carbons (Fsp3) is 0.650. The van der Waals surface area contributed by atoms with Crippen LogP contribution in [0, 0.1) is 5.92 Å². The van der Waals surface area contributed by atoms with Gasteiger partial charge in [-0.25, -0.2) is 0 Å². The molecule has 1 aromatic rings. The number of halogens is 1. The maximum atomic E-state index is 12.6. The van der Waals surface area contributed by atoms with E-state index in [1.54, 1.807) is 0 Å². The molecule has 2 rings (SSSR count). The molecule has 0 radical (unpaired) electrons. The Morgan fingerprint density at radius 3 is 2.28 bits per heavy atom. The van der Waals surface area contributed by atoms with Crippen LogP contribution in [0.5, 0.6) is 5.75 Å². The van der Waals surface area contributed by atoms with Crippen molar-refractivity contribution in [1.29, 1.82) is 0 Å². The maximum absolute atomic E-state index is 12.6. The van der Waals surface area contributed by atoms with E-state index < -0.39 is 6.10 Å². The molecule has 0 aromatic heterocycles. The molecule has 1 heterocycles. The lowest BCUT2D eigenvalue weighted by Crippen LogP contribution is -2.45. The first-order valence-corrected chi connectivity index (χ1v) is 9.02. The molecule has 0 saturated carbocycles. The predicted octanol–water partition coefficient (Wildman–Crippen LogP) is 3.63. The number of carbonyl (C=O) groups is 1. The van der Waals surface area contributed by atoms with Crippen molar-refractivity contribution in [2.45, 2.75) is 52.1 Å². The van der Waals surface area contributed by atoms with Crippen molar-refractivity contribution >= 4 is 18.3 Å². The number of hydrogen-bond donors (Lipinski definition) is 1. The highest BCUT2D eigenvalue weighted by Gasteiger charge is 2.26. The molecule has 1 saturated heterocycles. The second kappa shape index (κ2) is 9.44. The molecular formula is C20H33ClN2O2. The Morgan fingerprint density at radius 1 is 1.24 bits per heavy atom. The van der Waals surface area contributed by atoms with Crippen molar-refractivity contribution < 1.29 is 9.53 Å². The van der Waals surface area contributed by atoms with Crippen LogP contribution in [0.3, 0.4) is 0 Å². The van der Waals surface area contributed by atoms with Crippen LogP contribution in [0.25, 0.3) is 0 Å². The molecule has 0 aliphatic carbocycles. The molecule has 142 valence electrons. The van der Waals surface area contributed by atoms with Crippen molar-refractivity contribution in [3.8, 4) is 5.75 Å². The minimum absolute atomic E-state index is 0. The first-order valence-electron chi connectivity index (χ1n) is 9.02. The number of ether oxygens (including phenoxy) is 1. The number of rotatable bonds is 5. The summed E-state index contributed by atoms with van der Waals surface area (Å²) >= 11 is 0. The molecule has 1 aliphatic rings. The molecule has 0 bridgehead atoms. The number of nitrogens with one attached hydrogen (secondary N) is 1. The summed E-state index contributed by atoms with van der Waals surface area (Å²) in [7, 11) is 1.98. The van der Waals surface area contributed by atoms with Crippen LogP contribution in [0.2, 0.25) is 0 Å². The second-order valence-corrected chi connectivity index (χ2v) is 7.86.